The summed E-state index contributed by atoms with van der Waals surface area (Å²) in [6.45, 7) is 3.52. The first kappa shape index (κ1) is 21.6. The molecule has 4 nitrogen and oxygen atoms in total. The van der Waals surface area contributed by atoms with Crippen LogP contribution < -0.4 is 0 Å². The molecule has 6 heteroatoms. The first-order valence-electron chi connectivity index (χ1n) is 10.7. The number of carbonyl (C=O) groups is 1. The summed E-state index contributed by atoms with van der Waals surface area (Å²) in [4.78, 5) is 17.4. The SMILES string of the molecule is CC(=O)N1N=C(c2c(C)nc3ccccc3c2-c2ccc(Cl)cc2)C[C@H]1c1ccccc1Cl. The van der Waals surface area contributed by atoms with Gasteiger partial charge in [0.2, 0.25) is 5.91 Å². The van der Waals surface area contributed by atoms with E-state index in [4.69, 9.17) is 33.3 Å². The molecule has 4 aromatic rings. The van der Waals surface area contributed by atoms with Crippen LogP contribution in [0.2, 0.25) is 10.0 Å². The number of hydrogen-bond donors (Lipinski definition) is 0. The first-order chi connectivity index (χ1) is 15.9. The number of aryl methyl sites for hydroxylation is 1. The molecule has 164 valence electrons. The monoisotopic (exact) mass is 473 g/mol. The van der Waals surface area contributed by atoms with E-state index in [1.54, 1.807) is 0 Å². The summed E-state index contributed by atoms with van der Waals surface area (Å²) in [6.07, 6.45) is 0.546. The van der Waals surface area contributed by atoms with E-state index in [1.165, 1.54) is 11.9 Å². The van der Waals surface area contributed by atoms with Crippen molar-refractivity contribution in [3.8, 4) is 11.1 Å². The summed E-state index contributed by atoms with van der Waals surface area (Å²) < 4.78 is 0. The van der Waals surface area contributed by atoms with Crippen molar-refractivity contribution in [2.45, 2.75) is 26.3 Å². The number of pyridine rings is 1. The van der Waals surface area contributed by atoms with Crippen LogP contribution in [0.15, 0.2) is 77.9 Å². The second-order valence-electron chi connectivity index (χ2n) is 8.12. The lowest BCUT2D eigenvalue weighted by molar-refractivity contribution is -0.130. The number of amides is 1. The fourth-order valence-electron chi connectivity index (χ4n) is 4.54. The van der Waals surface area contributed by atoms with E-state index >= 15 is 0 Å². The van der Waals surface area contributed by atoms with Gasteiger partial charge in [-0.05, 0) is 42.3 Å². The topological polar surface area (TPSA) is 45.6 Å². The molecular formula is C27H21Cl2N3O. The van der Waals surface area contributed by atoms with E-state index in [0.717, 1.165) is 44.6 Å². The van der Waals surface area contributed by atoms with Gasteiger partial charge in [-0.2, -0.15) is 5.10 Å². The van der Waals surface area contributed by atoms with Crippen molar-refractivity contribution < 1.29 is 4.79 Å². The molecule has 0 saturated heterocycles. The van der Waals surface area contributed by atoms with Crippen molar-refractivity contribution in [2.75, 3.05) is 0 Å². The zero-order valence-corrected chi connectivity index (χ0v) is 19.7. The van der Waals surface area contributed by atoms with Gasteiger partial charge < -0.3 is 0 Å². The van der Waals surface area contributed by atoms with E-state index in [9.17, 15) is 4.79 Å². The average Bonchev–Trinajstić information content (AvgIpc) is 3.24. The van der Waals surface area contributed by atoms with Crippen LogP contribution in [0.5, 0.6) is 0 Å². The second-order valence-corrected chi connectivity index (χ2v) is 8.97. The maximum absolute atomic E-state index is 12.6. The highest BCUT2D eigenvalue weighted by Crippen LogP contribution is 2.40. The molecule has 0 unspecified atom stereocenters. The number of halogens is 2. The Kier molecular flexibility index (Phi) is 5.65. The molecule has 0 saturated carbocycles. The van der Waals surface area contributed by atoms with Crippen molar-refractivity contribution in [1.29, 1.82) is 0 Å². The van der Waals surface area contributed by atoms with Crippen LogP contribution in [0.3, 0.4) is 0 Å². The lowest BCUT2D eigenvalue weighted by Crippen LogP contribution is -2.24. The molecule has 5 rings (SSSR count). The summed E-state index contributed by atoms with van der Waals surface area (Å²) in [7, 11) is 0. The van der Waals surface area contributed by atoms with Crippen LogP contribution in [0.25, 0.3) is 22.0 Å². The third kappa shape index (κ3) is 3.90. The molecule has 1 amide bonds. The lowest BCUT2D eigenvalue weighted by atomic mass is 9.89. The van der Waals surface area contributed by atoms with Gasteiger partial charge in [-0.15, -0.1) is 0 Å². The van der Waals surface area contributed by atoms with Crippen molar-refractivity contribution >= 4 is 45.7 Å². The zero-order chi connectivity index (χ0) is 23.1. The predicted octanol–water partition coefficient (Wildman–Crippen LogP) is 7.21. The Labute approximate surface area is 202 Å². The highest BCUT2D eigenvalue weighted by atomic mass is 35.5. The van der Waals surface area contributed by atoms with Gasteiger partial charge in [0.1, 0.15) is 0 Å². The Morgan fingerprint density at radius 1 is 0.939 bits per heavy atom. The molecule has 0 spiro atoms. The van der Waals surface area contributed by atoms with E-state index in [1.807, 2.05) is 73.7 Å². The minimum atomic E-state index is -0.268. The standard InChI is InChI=1S/C27H21Cl2N3O/c1-16-26(24-15-25(32(31-24)17(2)33)20-7-3-5-9-22(20)29)27(18-11-13-19(28)14-12-18)21-8-4-6-10-23(21)30-16/h3-14,25H,15H2,1-2H3/t25-/m0/s1. The highest BCUT2D eigenvalue weighted by Gasteiger charge is 2.34. The molecule has 3 aromatic carbocycles. The fourth-order valence-corrected chi connectivity index (χ4v) is 4.93. The van der Waals surface area contributed by atoms with Gasteiger partial charge in [0.25, 0.3) is 0 Å². The Morgan fingerprint density at radius 3 is 2.36 bits per heavy atom. The van der Waals surface area contributed by atoms with E-state index in [0.29, 0.717) is 16.5 Å². The molecule has 0 fully saturated rings. The Balaban J connectivity index is 1.73. The molecule has 0 aliphatic carbocycles. The van der Waals surface area contributed by atoms with Gasteiger partial charge in [0.05, 0.1) is 17.3 Å². The van der Waals surface area contributed by atoms with E-state index in [-0.39, 0.29) is 11.9 Å². The van der Waals surface area contributed by atoms with Gasteiger partial charge >= 0.3 is 0 Å². The molecular weight excluding hydrogens is 453 g/mol. The Morgan fingerprint density at radius 2 is 1.64 bits per heavy atom. The number of fused-ring (bicyclic) bond motifs is 1. The number of rotatable bonds is 3. The molecule has 0 bridgehead atoms. The van der Waals surface area contributed by atoms with E-state index in [2.05, 4.69) is 6.07 Å². The number of hydrogen-bond acceptors (Lipinski definition) is 3. The number of hydrazone groups is 1. The van der Waals surface area contributed by atoms with Gasteiger partial charge in [-0.1, -0.05) is 71.7 Å². The molecule has 2 heterocycles. The van der Waals surface area contributed by atoms with Crippen molar-refractivity contribution in [1.82, 2.24) is 9.99 Å². The third-order valence-corrected chi connectivity index (χ3v) is 6.59. The summed E-state index contributed by atoms with van der Waals surface area (Å²) >= 11 is 12.7. The third-order valence-electron chi connectivity index (χ3n) is 5.99. The van der Waals surface area contributed by atoms with Gasteiger partial charge in [-0.25, -0.2) is 5.01 Å². The lowest BCUT2D eigenvalue weighted by Gasteiger charge is -2.21. The van der Waals surface area contributed by atoms with Crippen molar-refractivity contribution in [3.05, 3.63) is 99.7 Å². The molecule has 1 aromatic heterocycles. The zero-order valence-electron chi connectivity index (χ0n) is 18.2. The average molecular weight is 474 g/mol. The Hall–Kier alpha value is -3.21. The minimum Gasteiger partial charge on any atom is -0.273 e. The second kappa shape index (κ2) is 8.62. The molecule has 0 N–H and O–H groups in total. The maximum atomic E-state index is 12.6. The Bertz CT molecular complexity index is 1410. The first-order valence-corrected chi connectivity index (χ1v) is 11.5. The van der Waals surface area contributed by atoms with Gasteiger partial charge in [-0.3, -0.25) is 9.78 Å². The summed E-state index contributed by atoms with van der Waals surface area (Å²) in [5.41, 5.74) is 6.47. The minimum absolute atomic E-state index is 0.130. The number of carbonyl (C=O) groups excluding carboxylic acids is 1. The van der Waals surface area contributed by atoms with Gasteiger partial charge in [0, 0.05) is 45.6 Å². The van der Waals surface area contributed by atoms with E-state index < -0.39 is 0 Å². The van der Waals surface area contributed by atoms with Crippen molar-refractivity contribution in [2.24, 2.45) is 5.10 Å². The van der Waals surface area contributed by atoms with Crippen LogP contribution in [0.1, 0.15) is 36.2 Å². The normalized spacial score (nSPS) is 15.7. The number of para-hydroxylation sites is 1. The van der Waals surface area contributed by atoms with Crippen molar-refractivity contribution in [3.63, 3.8) is 0 Å². The number of benzene rings is 3. The molecule has 0 radical (unpaired) electrons. The summed E-state index contributed by atoms with van der Waals surface area (Å²) in [6, 6.07) is 23.2. The highest BCUT2D eigenvalue weighted by molar-refractivity contribution is 6.31. The van der Waals surface area contributed by atoms with Crippen LogP contribution in [-0.2, 0) is 4.79 Å². The van der Waals surface area contributed by atoms with Crippen LogP contribution >= 0.6 is 23.2 Å². The largest absolute Gasteiger partial charge is 0.273 e. The summed E-state index contributed by atoms with van der Waals surface area (Å²) in [5.74, 6) is -0.130. The molecule has 1 aliphatic rings. The molecule has 1 aliphatic heterocycles. The predicted molar refractivity (Wildman–Crippen MR) is 135 cm³/mol. The number of aromatic nitrogens is 1. The van der Waals surface area contributed by atoms with Crippen LogP contribution in [0.4, 0.5) is 0 Å². The summed E-state index contributed by atoms with van der Waals surface area (Å²) in [5, 5.41) is 8.67. The van der Waals surface area contributed by atoms with Gasteiger partial charge in [0.15, 0.2) is 0 Å². The maximum Gasteiger partial charge on any atom is 0.240 e. The molecule has 1 atom stereocenters. The number of nitrogens with zero attached hydrogens (tertiary/aromatic N) is 3. The molecule has 33 heavy (non-hydrogen) atoms. The quantitative estimate of drug-likeness (QED) is 0.315. The van der Waals surface area contributed by atoms with Crippen LogP contribution in [0, 0.1) is 6.92 Å². The fraction of sp³-hybridized carbons (Fsp3) is 0.148. The van der Waals surface area contributed by atoms with Crippen LogP contribution in [-0.4, -0.2) is 21.6 Å². The smallest absolute Gasteiger partial charge is 0.240 e.